The molecule has 0 saturated carbocycles. The number of ether oxygens (including phenoxy) is 5. The van der Waals surface area contributed by atoms with Crippen molar-refractivity contribution < 1.29 is 72.9 Å². The van der Waals surface area contributed by atoms with Crippen LogP contribution in [0.5, 0.6) is 17.2 Å². The van der Waals surface area contributed by atoms with Crippen LogP contribution < -0.4 is 4.74 Å². The zero-order chi connectivity index (χ0) is 40.0. The summed E-state index contributed by atoms with van der Waals surface area (Å²) in [6.07, 6.45) is -4.19. The largest absolute Gasteiger partial charge is 0.507 e. The van der Waals surface area contributed by atoms with E-state index < -0.39 is 126 Å². The summed E-state index contributed by atoms with van der Waals surface area (Å²) in [5, 5.41) is 45.0. The maximum absolute atomic E-state index is 14.0. The van der Waals surface area contributed by atoms with Crippen molar-refractivity contribution in [3.63, 3.8) is 0 Å². The minimum atomic E-state index is -2.31. The first kappa shape index (κ1) is 37.8. The highest BCUT2D eigenvalue weighted by Crippen LogP contribution is 2.53. The Balaban J connectivity index is 1.09. The lowest BCUT2D eigenvalue weighted by Crippen LogP contribution is -2.63. The Morgan fingerprint density at radius 1 is 0.964 bits per heavy atom. The number of amides is 3. The van der Waals surface area contributed by atoms with Crippen molar-refractivity contribution >= 4 is 35.1 Å². The average molecular weight is 778 g/mol. The molecular formula is C38H39N3O15. The van der Waals surface area contributed by atoms with E-state index in [9.17, 15) is 49.2 Å². The zero-order valence-electron chi connectivity index (χ0n) is 30.5. The fraction of sp³-hybridized carbons (Fsp3) is 0.474. The maximum atomic E-state index is 14.0. The van der Waals surface area contributed by atoms with Gasteiger partial charge in [0.25, 0.3) is 11.8 Å². The number of carbonyl (C=O) groups excluding carboxylic acids is 6. The Bertz CT molecular complexity index is 2100. The van der Waals surface area contributed by atoms with E-state index in [2.05, 4.69) is 0 Å². The number of aromatic hydroxyl groups is 2. The van der Waals surface area contributed by atoms with E-state index >= 15 is 0 Å². The van der Waals surface area contributed by atoms with Crippen LogP contribution in [0.3, 0.4) is 0 Å². The van der Waals surface area contributed by atoms with Crippen LogP contribution >= 0.6 is 0 Å². The van der Waals surface area contributed by atoms with Crippen molar-refractivity contribution in [1.82, 2.24) is 14.7 Å². The van der Waals surface area contributed by atoms with Crippen LogP contribution in [-0.2, 0) is 44.5 Å². The fourth-order valence-corrected chi connectivity index (χ4v) is 8.99. The monoisotopic (exact) mass is 777 g/mol. The van der Waals surface area contributed by atoms with Crippen LogP contribution in [0, 0.1) is 0 Å². The molecule has 0 spiro atoms. The van der Waals surface area contributed by atoms with Gasteiger partial charge >= 0.3 is 0 Å². The number of carbonyl (C=O) groups is 6. The molecule has 2 aromatic carbocycles. The standard InChI is InChI=1S/C38H39N3O15/c1-16-35-19(39-9-10-40(36(53-3)37(39)56-35)25(46)14-41-23(44)7-8-24(41)45)11-26(54-16)55-21-13-38(51,22(43)15-42)12-18-28(21)34(50)30-29(32(18)48)31(47)17-5-4-6-20(52-2)27(17)33(30)49/h4-8,16,19,21,26,35-37,42,48,50-51H,9-15H2,1-3H3/t16-,19-,21-,26-,35+,36+,37+,38-/m0/s1. The summed E-state index contributed by atoms with van der Waals surface area (Å²) >= 11 is 0. The minimum Gasteiger partial charge on any atom is -0.507 e. The van der Waals surface area contributed by atoms with E-state index in [0.717, 1.165) is 17.1 Å². The lowest BCUT2D eigenvalue weighted by molar-refractivity contribution is -0.248. The van der Waals surface area contributed by atoms with Gasteiger partial charge in [0.2, 0.25) is 11.7 Å². The molecule has 4 N–H and O–H groups in total. The summed E-state index contributed by atoms with van der Waals surface area (Å²) in [5.41, 5.74) is -3.84. The number of benzene rings is 2. The first-order chi connectivity index (χ1) is 26.7. The zero-order valence-corrected chi connectivity index (χ0v) is 30.5. The second-order valence-electron chi connectivity index (χ2n) is 14.6. The van der Waals surface area contributed by atoms with Gasteiger partial charge in [0.1, 0.15) is 42.1 Å². The summed E-state index contributed by atoms with van der Waals surface area (Å²) in [7, 11) is 2.72. The highest BCUT2D eigenvalue weighted by atomic mass is 16.7. The number of hydrogen-bond donors (Lipinski definition) is 4. The van der Waals surface area contributed by atoms with Crippen molar-refractivity contribution in [3.8, 4) is 17.2 Å². The molecule has 3 saturated heterocycles. The van der Waals surface area contributed by atoms with E-state index in [1.807, 2.05) is 4.90 Å². The average Bonchev–Trinajstić information content (AvgIpc) is 3.72. The Morgan fingerprint density at radius 2 is 1.68 bits per heavy atom. The summed E-state index contributed by atoms with van der Waals surface area (Å²) in [4.78, 5) is 82.7. The molecule has 0 aromatic heterocycles. The van der Waals surface area contributed by atoms with Gasteiger partial charge in [-0.2, -0.15) is 0 Å². The van der Waals surface area contributed by atoms with Gasteiger partial charge in [-0.3, -0.25) is 38.6 Å². The Hall–Kier alpha value is -5.08. The van der Waals surface area contributed by atoms with Gasteiger partial charge in [-0.15, -0.1) is 0 Å². The molecule has 4 aliphatic heterocycles. The van der Waals surface area contributed by atoms with Gasteiger partial charge < -0.3 is 49.0 Å². The highest BCUT2D eigenvalue weighted by Gasteiger charge is 2.56. The van der Waals surface area contributed by atoms with Crippen molar-refractivity contribution in [3.05, 3.63) is 63.7 Å². The van der Waals surface area contributed by atoms with Gasteiger partial charge in [-0.25, -0.2) is 0 Å². The van der Waals surface area contributed by atoms with E-state index in [1.54, 1.807) is 6.92 Å². The number of imide groups is 1. The normalized spacial score (nSPS) is 30.8. The lowest BCUT2D eigenvalue weighted by Gasteiger charge is -2.45. The van der Waals surface area contributed by atoms with Gasteiger partial charge in [0.05, 0.1) is 36.0 Å². The lowest BCUT2D eigenvalue weighted by atomic mass is 9.72. The molecular weight excluding hydrogens is 738 g/mol. The number of phenols is 2. The molecule has 3 fully saturated rings. The van der Waals surface area contributed by atoms with Gasteiger partial charge in [0, 0.05) is 74.3 Å². The molecule has 296 valence electrons. The van der Waals surface area contributed by atoms with E-state index in [0.29, 0.717) is 6.54 Å². The number of fused-ring (bicyclic) bond motifs is 6. The molecule has 18 nitrogen and oxygen atoms in total. The SMILES string of the molecule is COc1cccc2c1C(=O)c1c(O)c3c(c(O)c1C2=O)C[C@@](O)(C(=O)CO)C[C@@H]3O[C@H]1C[C@H]2[C@H](O[C@@H]3[C@@H](OC)N(C(=O)CN4C(=O)C=CC4=O)CCN32)[C@H](C)O1. The molecule has 4 heterocycles. The Kier molecular flexibility index (Phi) is 9.35. The maximum Gasteiger partial charge on any atom is 0.254 e. The summed E-state index contributed by atoms with van der Waals surface area (Å²) in [6.45, 7) is 0.672. The quantitative estimate of drug-likeness (QED) is 0.166. The van der Waals surface area contributed by atoms with Gasteiger partial charge in [0.15, 0.2) is 30.3 Å². The number of Topliss-reactive ketones (excluding diaryl/α,β-unsaturated/α-hetero) is 1. The summed E-state index contributed by atoms with van der Waals surface area (Å²) < 4.78 is 30.2. The second-order valence-corrected chi connectivity index (χ2v) is 14.6. The third-order valence-electron chi connectivity index (χ3n) is 11.7. The molecule has 2 aromatic rings. The van der Waals surface area contributed by atoms with E-state index in [-0.39, 0.29) is 47.0 Å². The third-order valence-corrected chi connectivity index (χ3v) is 11.7. The van der Waals surface area contributed by atoms with Gasteiger partial charge in [-0.1, -0.05) is 12.1 Å². The second kappa shape index (κ2) is 13.8. The molecule has 8 atom stereocenters. The number of nitrogens with zero attached hydrogens (tertiary/aromatic N) is 3. The van der Waals surface area contributed by atoms with Crippen molar-refractivity contribution in [2.45, 2.75) is 74.9 Å². The van der Waals surface area contributed by atoms with Crippen LogP contribution in [0.15, 0.2) is 30.4 Å². The summed E-state index contributed by atoms with van der Waals surface area (Å²) in [5.74, 6) is -5.62. The van der Waals surface area contributed by atoms with Crippen molar-refractivity contribution in [2.75, 3.05) is 40.5 Å². The minimum absolute atomic E-state index is 0.0741. The van der Waals surface area contributed by atoms with Crippen LogP contribution in [-0.4, -0.2) is 153 Å². The molecule has 18 heteroatoms. The third kappa shape index (κ3) is 5.66. The molecule has 56 heavy (non-hydrogen) atoms. The first-order valence-corrected chi connectivity index (χ1v) is 18.0. The van der Waals surface area contributed by atoms with Crippen molar-refractivity contribution in [2.24, 2.45) is 0 Å². The highest BCUT2D eigenvalue weighted by molar-refractivity contribution is 6.31. The predicted octanol–water partition coefficient (Wildman–Crippen LogP) is -0.552. The van der Waals surface area contributed by atoms with Crippen LogP contribution in [0.25, 0.3) is 0 Å². The van der Waals surface area contributed by atoms with Crippen molar-refractivity contribution in [1.29, 1.82) is 0 Å². The molecule has 8 rings (SSSR count). The van der Waals surface area contributed by atoms with Crippen LogP contribution in [0.4, 0.5) is 0 Å². The molecule has 0 radical (unpaired) electrons. The number of rotatable bonds is 8. The number of hydrogen-bond acceptors (Lipinski definition) is 16. The van der Waals surface area contributed by atoms with E-state index in [1.165, 1.54) is 37.3 Å². The molecule has 6 aliphatic rings. The Morgan fingerprint density at radius 3 is 2.36 bits per heavy atom. The number of methoxy groups -OCH3 is 2. The number of aliphatic hydroxyl groups is 2. The Labute approximate surface area is 318 Å². The molecule has 2 aliphatic carbocycles. The number of phenolic OH excluding ortho intramolecular Hbond substituents is 2. The molecule has 0 unspecified atom stereocenters. The number of ketones is 3. The molecule has 0 bridgehead atoms. The summed E-state index contributed by atoms with van der Waals surface area (Å²) in [6, 6.07) is 3.97. The van der Waals surface area contributed by atoms with E-state index in [4.69, 9.17) is 23.7 Å². The van der Waals surface area contributed by atoms with Crippen LogP contribution in [0.1, 0.15) is 68.8 Å². The fourth-order valence-electron chi connectivity index (χ4n) is 8.99. The predicted molar refractivity (Wildman–Crippen MR) is 185 cm³/mol. The topological polar surface area (TPSA) is 239 Å². The molecule has 3 amide bonds. The number of piperazine rings is 1. The number of aliphatic hydroxyl groups excluding tert-OH is 1. The van der Waals surface area contributed by atoms with Crippen LogP contribution in [0.2, 0.25) is 0 Å². The first-order valence-electron chi connectivity index (χ1n) is 18.0. The smallest absolute Gasteiger partial charge is 0.254 e. The van der Waals surface area contributed by atoms with Gasteiger partial charge in [-0.05, 0) is 13.0 Å².